The predicted octanol–water partition coefficient (Wildman–Crippen LogP) is 3.01. The Morgan fingerprint density at radius 1 is 1.00 bits per heavy atom. The van der Waals surface area contributed by atoms with Gasteiger partial charge in [0.05, 0.1) is 19.8 Å². The Kier molecular flexibility index (Phi) is 8.44. The summed E-state index contributed by atoms with van der Waals surface area (Å²) < 4.78 is 16.1. The molecule has 0 unspecified atom stereocenters. The third-order valence-corrected chi connectivity index (χ3v) is 4.55. The quantitative estimate of drug-likeness (QED) is 0.459. The zero-order chi connectivity index (χ0) is 12.4. The highest BCUT2D eigenvalue weighted by molar-refractivity contribution is 9.09. The fourth-order valence-electron chi connectivity index (χ4n) is 2.24. The van der Waals surface area contributed by atoms with Crippen LogP contribution in [0.3, 0.4) is 0 Å². The van der Waals surface area contributed by atoms with Crippen LogP contribution in [0.4, 0.5) is 0 Å². The van der Waals surface area contributed by atoms with Crippen molar-refractivity contribution in [3.8, 4) is 0 Å². The number of hydrogen-bond donors (Lipinski definition) is 0. The molecule has 0 aromatic heterocycles. The van der Waals surface area contributed by atoms with E-state index in [1.165, 1.54) is 25.7 Å². The Hall–Kier alpha value is 0.360. The zero-order valence-corrected chi connectivity index (χ0v) is 12.5. The molecule has 0 radical (unpaired) electrons. The first kappa shape index (κ1) is 15.4. The normalized spacial score (nSPS) is 18.7. The van der Waals surface area contributed by atoms with Crippen molar-refractivity contribution in [2.24, 2.45) is 5.41 Å². The second kappa shape index (κ2) is 9.31. The van der Waals surface area contributed by atoms with E-state index >= 15 is 0 Å². The van der Waals surface area contributed by atoms with E-state index in [9.17, 15) is 0 Å². The fraction of sp³-hybridized carbons (Fsp3) is 1.00. The summed E-state index contributed by atoms with van der Waals surface area (Å²) in [5.41, 5.74) is 0.414. The van der Waals surface area contributed by atoms with E-state index in [1.807, 2.05) is 0 Å². The predicted molar refractivity (Wildman–Crippen MR) is 72.8 cm³/mol. The maximum Gasteiger partial charge on any atom is 0.0700 e. The minimum atomic E-state index is 0.414. The van der Waals surface area contributed by atoms with Gasteiger partial charge in [-0.05, 0) is 19.3 Å². The van der Waals surface area contributed by atoms with Gasteiger partial charge in [-0.3, -0.25) is 0 Å². The van der Waals surface area contributed by atoms with Gasteiger partial charge in [0.2, 0.25) is 0 Å². The molecule has 1 aliphatic rings. The minimum Gasteiger partial charge on any atom is -0.382 e. The van der Waals surface area contributed by atoms with Crippen LogP contribution in [-0.4, -0.2) is 45.5 Å². The number of methoxy groups -OCH3 is 1. The Morgan fingerprint density at radius 3 is 2.35 bits per heavy atom. The molecule has 0 atom stereocenters. The molecule has 0 N–H and O–H groups in total. The molecule has 0 amide bonds. The van der Waals surface area contributed by atoms with E-state index in [0.717, 1.165) is 31.6 Å². The highest BCUT2D eigenvalue weighted by Gasteiger charge is 2.32. The molecule has 1 rings (SSSR count). The summed E-state index contributed by atoms with van der Waals surface area (Å²) in [6.45, 7) is 3.83. The number of rotatable bonds is 10. The van der Waals surface area contributed by atoms with Crippen LogP contribution in [-0.2, 0) is 14.2 Å². The van der Waals surface area contributed by atoms with Gasteiger partial charge in [0.15, 0.2) is 0 Å². The Labute approximate surface area is 113 Å². The highest BCUT2D eigenvalue weighted by atomic mass is 79.9. The maximum atomic E-state index is 5.78. The lowest BCUT2D eigenvalue weighted by molar-refractivity contribution is 0.0296. The summed E-state index contributed by atoms with van der Waals surface area (Å²) >= 11 is 3.63. The minimum absolute atomic E-state index is 0.414. The van der Waals surface area contributed by atoms with Crippen molar-refractivity contribution < 1.29 is 14.2 Å². The smallest absolute Gasteiger partial charge is 0.0700 e. The molecule has 102 valence electrons. The lowest BCUT2D eigenvalue weighted by Gasteiger charge is -2.26. The molecule has 3 nitrogen and oxygen atoms in total. The molecule has 1 aliphatic carbocycles. The zero-order valence-electron chi connectivity index (χ0n) is 10.9. The van der Waals surface area contributed by atoms with Crippen LogP contribution in [0, 0.1) is 5.41 Å². The summed E-state index contributed by atoms with van der Waals surface area (Å²) in [4.78, 5) is 0. The summed E-state index contributed by atoms with van der Waals surface area (Å²) in [6.07, 6.45) is 6.30. The molecule has 0 heterocycles. The molecule has 0 aromatic carbocycles. The number of ether oxygens (including phenoxy) is 3. The molecular weight excluding hydrogens is 284 g/mol. The van der Waals surface area contributed by atoms with Gasteiger partial charge in [0, 0.05) is 31.1 Å². The lowest BCUT2D eigenvalue weighted by atomic mass is 9.90. The van der Waals surface area contributed by atoms with Crippen molar-refractivity contribution in [2.45, 2.75) is 32.1 Å². The van der Waals surface area contributed by atoms with Crippen molar-refractivity contribution in [1.82, 2.24) is 0 Å². The van der Waals surface area contributed by atoms with E-state index in [2.05, 4.69) is 15.9 Å². The molecule has 4 heteroatoms. The summed E-state index contributed by atoms with van der Waals surface area (Å²) in [5, 5.41) is 1.07. The monoisotopic (exact) mass is 308 g/mol. The van der Waals surface area contributed by atoms with Crippen LogP contribution >= 0.6 is 15.9 Å². The van der Waals surface area contributed by atoms with Gasteiger partial charge in [-0.15, -0.1) is 0 Å². The molecule has 0 spiro atoms. The third-order valence-electron chi connectivity index (χ3n) is 3.37. The standard InChI is InChI=1S/C13H25BrO3/c1-15-9-10-16-7-4-8-17-12-13(11-14)5-2-3-6-13/h2-12H2,1H3. The molecule has 1 fully saturated rings. The Balaban J connectivity index is 1.92. The molecule has 0 aromatic rings. The van der Waals surface area contributed by atoms with Gasteiger partial charge >= 0.3 is 0 Å². The van der Waals surface area contributed by atoms with Crippen molar-refractivity contribution in [1.29, 1.82) is 0 Å². The van der Waals surface area contributed by atoms with Crippen LogP contribution in [0.25, 0.3) is 0 Å². The average Bonchev–Trinajstić information content (AvgIpc) is 2.82. The van der Waals surface area contributed by atoms with Gasteiger partial charge < -0.3 is 14.2 Å². The van der Waals surface area contributed by atoms with Crippen LogP contribution < -0.4 is 0 Å². The lowest BCUT2D eigenvalue weighted by Crippen LogP contribution is -2.25. The van der Waals surface area contributed by atoms with E-state index in [-0.39, 0.29) is 0 Å². The van der Waals surface area contributed by atoms with Crippen molar-refractivity contribution >= 4 is 15.9 Å². The first-order chi connectivity index (χ1) is 8.33. The molecule has 1 saturated carbocycles. The van der Waals surface area contributed by atoms with Crippen molar-refractivity contribution in [2.75, 3.05) is 45.5 Å². The van der Waals surface area contributed by atoms with Gasteiger partial charge in [-0.2, -0.15) is 0 Å². The number of halogens is 1. The molecule has 0 aliphatic heterocycles. The summed E-state index contributed by atoms with van der Waals surface area (Å²) in [7, 11) is 1.69. The van der Waals surface area contributed by atoms with Crippen molar-refractivity contribution in [3.63, 3.8) is 0 Å². The molecular formula is C13H25BrO3. The second-order valence-electron chi connectivity index (χ2n) is 4.85. The first-order valence-corrected chi connectivity index (χ1v) is 7.65. The number of hydrogen-bond acceptors (Lipinski definition) is 3. The Morgan fingerprint density at radius 2 is 1.71 bits per heavy atom. The SMILES string of the molecule is COCCOCCCOCC1(CBr)CCCC1. The van der Waals surface area contributed by atoms with Crippen LogP contribution in [0.5, 0.6) is 0 Å². The van der Waals surface area contributed by atoms with Crippen LogP contribution in [0.15, 0.2) is 0 Å². The van der Waals surface area contributed by atoms with E-state index in [1.54, 1.807) is 7.11 Å². The maximum absolute atomic E-state index is 5.78. The largest absolute Gasteiger partial charge is 0.382 e. The van der Waals surface area contributed by atoms with Gasteiger partial charge in [-0.1, -0.05) is 28.8 Å². The van der Waals surface area contributed by atoms with Crippen LogP contribution in [0.1, 0.15) is 32.1 Å². The summed E-state index contributed by atoms with van der Waals surface area (Å²) in [5.74, 6) is 0. The first-order valence-electron chi connectivity index (χ1n) is 6.53. The molecule has 0 bridgehead atoms. The second-order valence-corrected chi connectivity index (χ2v) is 5.41. The Bertz CT molecular complexity index is 182. The van der Waals surface area contributed by atoms with Crippen molar-refractivity contribution in [3.05, 3.63) is 0 Å². The van der Waals surface area contributed by atoms with Gasteiger partial charge in [-0.25, -0.2) is 0 Å². The summed E-state index contributed by atoms with van der Waals surface area (Å²) in [6, 6.07) is 0. The molecule has 0 saturated heterocycles. The van der Waals surface area contributed by atoms with Gasteiger partial charge in [0.1, 0.15) is 0 Å². The topological polar surface area (TPSA) is 27.7 Å². The van der Waals surface area contributed by atoms with Crippen LogP contribution in [0.2, 0.25) is 0 Å². The number of alkyl halides is 1. The van der Waals surface area contributed by atoms with E-state index < -0.39 is 0 Å². The van der Waals surface area contributed by atoms with E-state index in [0.29, 0.717) is 18.6 Å². The fourth-order valence-corrected chi connectivity index (χ4v) is 2.96. The third kappa shape index (κ3) is 6.18. The van der Waals surface area contributed by atoms with E-state index in [4.69, 9.17) is 14.2 Å². The average molecular weight is 309 g/mol. The molecule has 17 heavy (non-hydrogen) atoms. The van der Waals surface area contributed by atoms with Gasteiger partial charge in [0.25, 0.3) is 0 Å². The highest BCUT2D eigenvalue weighted by Crippen LogP contribution is 2.39.